The van der Waals surface area contributed by atoms with Gasteiger partial charge in [-0.2, -0.15) is 0 Å². The first kappa shape index (κ1) is 19.6. The molecule has 0 saturated carbocycles. The number of hydrogen-bond donors (Lipinski definition) is 2. The molecule has 152 valence electrons. The molecule has 0 unspecified atom stereocenters. The van der Waals surface area contributed by atoms with Crippen molar-refractivity contribution in [3.05, 3.63) is 89.2 Å². The van der Waals surface area contributed by atoms with Crippen molar-refractivity contribution in [2.45, 2.75) is 26.3 Å². The number of aryl methyl sites for hydroxylation is 1. The van der Waals surface area contributed by atoms with E-state index in [0.717, 1.165) is 28.1 Å². The summed E-state index contributed by atoms with van der Waals surface area (Å²) < 4.78 is 0. The number of benzene rings is 2. The van der Waals surface area contributed by atoms with Gasteiger partial charge in [-0.1, -0.05) is 29.8 Å². The van der Waals surface area contributed by atoms with E-state index in [9.17, 15) is 9.59 Å². The molecule has 0 bridgehead atoms. The minimum absolute atomic E-state index is 0.149. The van der Waals surface area contributed by atoms with Crippen molar-refractivity contribution < 1.29 is 9.59 Å². The fourth-order valence-corrected chi connectivity index (χ4v) is 3.68. The van der Waals surface area contributed by atoms with Gasteiger partial charge in [0.25, 0.3) is 5.91 Å². The van der Waals surface area contributed by atoms with E-state index in [1.807, 2.05) is 68.4 Å². The highest BCUT2D eigenvalue weighted by Crippen LogP contribution is 2.31. The standard InChI is InChI=1S/C24H24N4O2/c1-16-8-10-19(11-9-16)27-24(30)28-14-12-20-21(6-3-7-22(20)28)23(29)26-17(2)18-5-4-13-25-15-18/h3-11,13,15,17H,12,14H2,1-2H3,(H,26,29)(H,27,30)/t17-/m1/s1. The molecular formula is C24H24N4O2. The highest BCUT2D eigenvalue weighted by Gasteiger charge is 2.28. The number of rotatable bonds is 4. The van der Waals surface area contributed by atoms with E-state index in [1.165, 1.54) is 0 Å². The zero-order valence-corrected chi connectivity index (χ0v) is 17.1. The summed E-state index contributed by atoms with van der Waals surface area (Å²) in [5.41, 5.74) is 5.11. The number of carbonyl (C=O) groups excluding carboxylic acids is 2. The number of carbonyl (C=O) groups is 2. The van der Waals surface area contributed by atoms with Crippen LogP contribution in [-0.4, -0.2) is 23.5 Å². The van der Waals surface area contributed by atoms with Crippen molar-refractivity contribution in [2.75, 3.05) is 16.8 Å². The quantitative estimate of drug-likeness (QED) is 0.678. The summed E-state index contributed by atoms with van der Waals surface area (Å²) in [5.74, 6) is -0.149. The molecule has 2 heterocycles. The number of anilines is 2. The molecule has 0 radical (unpaired) electrons. The van der Waals surface area contributed by atoms with Crippen molar-refractivity contribution in [2.24, 2.45) is 0 Å². The molecule has 2 N–H and O–H groups in total. The maximum Gasteiger partial charge on any atom is 0.326 e. The van der Waals surface area contributed by atoms with Gasteiger partial charge >= 0.3 is 6.03 Å². The third-order valence-electron chi connectivity index (χ3n) is 5.35. The number of nitrogens with one attached hydrogen (secondary N) is 2. The van der Waals surface area contributed by atoms with Gasteiger partial charge in [0.1, 0.15) is 0 Å². The molecule has 2 aromatic carbocycles. The Labute approximate surface area is 175 Å². The third-order valence-corrected chi connectivity index (χ3v) is 5.35. The predicted molar refractivity (Wildman–Crippen MR) is 118 cm³/mol. The van der Waals surface area contributed by atoms with Crippen LogP contribution in [0.3, 0.4) is 0 Å². The SMILES string of the molecule is Cc1ccc(NC(=O)N2CCc3c(C(=O)N[C@H](C)c4cccnc4)cccc32)cc1. The van der Waals surface area contributed by atoms with Crippen molar-refractivity contribution in [3.63, 3.8) is 0 Å². The van der Waals surface area contributed by atoms with Crippen LogP contribution in [0.2, 0.25) is 0 Å². The summed E-state index contributed by atoms with van der Waals surface area (Å²) >= 11 is 0. The average molecular weight is 400 g/mol. The number of fused-ring (bicyclic) bond motifs is 1. The van der Waals surface area contributed by atoms with Crippen LogP contribution in [-0.2, 0) is 6.42 Å². The van der Waals surface area contributed by atoms with Gasteiger partial charge in [0, 0.05) is 35.9 Å². The van der Waals surface area contributed by atoms with Crippen LogP contribution >= 0.6 is 0 Å². The summed E-state index contributed by atoms with van der Waals surface area (Å²) in [6, 6.07) is 16.6. The van der Waals surface area contributed by atoms with Crippen LogP contribution in [0.4, 0.5) is 16.2 Å². The highest BCUT2D eigenvalue weighted by atomic mass is 16.2. The Morgan fingerprint density at radius 3 is 2.60 bits per heavy atom. The molecule has 0 saturated heterocycles. The topological polar surface area (TPSA) is 74.3 Å². The molecule has 1 aliphatic heterocycles. The molecule has 0 spiro atoms. The Morgan fingerprint density at radius 2 is 1.87 bits per heavy atom. The van der Waals surface area contributed by atoms with Crippen LogP contribution in [0.5, 0.6) is 0 Å². The molecule has 6 nitrogen and oxygen atoms in total. The second kappa shape index (κ2) is 8.37. The van der Waals surface area contributed by atoms with Gasteiger partial charge in [-0.05, 0) is 61.7 Å². The Bertz CT molecular complexity index is 1060. The maximum absolute atomic E-state index is 12.9. The fraction of sp³-hybridized carbons (Fsp3) is 0.208. The van der Waals surface area contributed by atoms with Gasteiger partial charge in [0.15, 0.2) is 0 Å². The summed E-state index contributed by atoms with van der Waals surface area (Å²) in [7, 11) is 0. The van der Waals surface area contributed by atoms with Crippen LogP contribution in [0.15, 0.2) is 67.0 Å². The molecule has 1 aliphatic rings. The van der Waals surface area contributed by atoms with Crippen LogP contribution < -0.4 is 15.5 Å². The molecule has 3 aromatic rings. The largest absolute Gasteiger partial charge is 0.345 e. The van der Waals surface area contributed by atoms with Crippen LogP contribution in [0, 0.1) is 6.92 Å². The van der Waals surface area contributed by atoms with Crippen molar-refractivity contribution in [3.8, 4) is 0 Å². The van der Waals surface area contributed by atoms with Crippen molar-refractivity contribution in [1.82, 2.24) is 10.3 Å². The van der Waals surface area contributed by atoms with E-state index >= 15 is 0 Å². The number of pyridine rings is 1. The smallest absolute Gasteiger partial charge is 0.326 e. The lowest BCUT2D eigenvalue weighted by atomic mass is 10.0. The predicted octanol–water partition coefficient (Wildman–Crippen LogP) is 4.48. The summed E-state index contributed by atoms with van der Waals surface area (Å²) in [5, 5.41) is 5.97. The average Bonchev–Trinajstić information content (AvgIpc) is 3.20. The van der Waals surface area contributed by atoms with Crippen molar-refractivity contribution >= 4 is 23.3 Å². The van der Waals surface area contributed by atoms with Crippen LogP contribution in [0.25, 0.3) is 0 Å². The minimum atomic E-state index is -0.195. The molecule has 0 fully saturated rings. The Morgan fingerprint density at radius 1 is 1.07 bits per heavy atom. The normalized spacial score (nSPS) is 13.5. The number of amides is 3. The van der Waals surface area contributed by atoms with Gasteiger partial charge in [-0.25, -0.2) is 4.79 Å². The number of hydrogen-bond acceptors (Lipinski definition) is 3. The van der Waals surface area contributed by atoms with Crippen LogP contribution in [0.1, 0.15) is 40.0 Å². The first-order valence-corrected chi connectivity index (χ1v) is 10.0. The second-order valence-electron chi connectivity index (χ2n) is 7.48. The van der Waals surface area contributed by atoms with Gasteiger partial charge < -0.3 is 10.6 Å². The monoisotopic (exact) mass is 400 g/mol. The molecular weight excluding hydrogens is 376 g/mol. The van der Waals surface area contributed by atoms with E-state index in [1.54, 1.807) is 17.3 Å². The molecule has 1 aromatic heterocycles. The summed E-state index contributed by atoms with van der Waals surface area (Å²) in [6.07, 6.45) is 4.09. The molecule has 1 atom stereocenters. The van der Waals surface area contributed by atoms with Crippen molar-refractivity contribution in [1.29, 1.82) is 0 Å². The molecule has 0 aliphatic carbocycles. The zero-order chi connectivity index (χ0) is 21.1. The van der Waals surface area contributed by atoms with E-state index in [0.29, 0.717) is 18.5 Å². The Kier molecular flexibility index (Phi) is 5.48. The first-order valence-electron chi connectivity index (χ1n) is 10.0. The van der Waals surface area contributed by atoms with E-state index < -0.39 is 0 Å². The lowest BCUT2D eigenvalue weighted by Gasteiger charge is -2.19. The molecule has 6 heteroatoms. The zero-order valence-electron chi connectivity index (χ0n) is 17.1. The highest BCUT2D eigenvalue weighted by molar-refractivity contribution is 6.05. The summed E-state index contributed by atoms with van der Waals surface area (Å²) in [4.78, 5) is 31.6. The van der Waals surface area contributed by atoms with E-state index in [4.69, 9.17) is 0 Å². The van der Waals surface area contributed by atoms with E-state index in [2.05, 4.69) is 15.6 Å². The first-order chi connectivity index (χ1) is 14.5. The lowest BCUT2D eigenvalue weighted by Crippen LogP contribution is -2.33. The fourth-order valence-electron chi connectivity index (χ4n) is 3.68. The van der Waals surface area contributed by atoms with Gasteiger partial charge in [0.05, 0.1) is 6.04 Å². The second-order valence-corrected chi connectivity index (χ2v) is 7.48. The van der Waals surface area contributed by atoms with Gasteiger partial charge in [-0.15, -0.1) is 0 Å². The minimum Gasteiger partial charge on any atom is -0.345 e. The molecule has 30 heavy (non-hydrogen) atoms. The van der Waals surface area contributed by atoms with E-state index in [-0.39, 0.29) is 18.0 Å². The molecule has 4 rings (SSSR count). The number of aromatic nitrogens is 1. The molecule has 3 amide bonds. The lowest BCUT2D eigenvalue weighted by molar-refractivity contribution is 0.0939. The Hall–Kier alpha value is -3.67. The Balaban J connectivity index is 1.50. The maximum atomic E-state index is 12.9. The summed E-state index contributed by atoms with van der Waals surface area (Å²) in [6.45, 7) is 4.47. The number of nitrogens with zero attached hydrogens (tertiary/aromatic N) is 2. The third kappa shape index (κ3) is 4.03. The van der Waals surface area contributed by atoms with Gasteiger partial charge in [0.2, 0.25) is 0 Å². The van der Waals surface area contributed by atoms with Gasteiger partial charge in [-0.3, -0.25) is 14.7 Å². The number of urea groups is 1.